The van der Waals surface area contributed by atoms with Crippen LogP contribution >= 0.6 is 0 Å². The Balaban J connectivity index is 1.60. The lowest BCUT2D eigenvalue weighted by atomic mass is 9.99. The van der Waals surface area contributed by atoms with Gasteiger partial charge in [0.15, 0.2) is 6.10 Å². The van der Waals surface area contributed by atoms with Gasteiger partial charge in [-0.25, -0.2) is 4.79 Å². The zero-order chi connectivity index (χ0) is 20.1. The fourth-order valence-electron chi connectivity index (χ4n) is 3.16. The molecule has 2 aromatic rings. The van der Waals surface area contributed by atoms with Crippen molar-refractivity contribution in [3.63, 3.8) is 0 Å². The highest BCUT2D eigenvalue weighted by Crippen LogP contribution is 2.20. The van der Waals surface area contributed by atoms with Crippen LogP contribution in [-0.4, -0.2) is 34.3 Å². The molecule has 7 heteroatoms. The number of nitro groups is 1. The maximum absolute atomic E-state index is 12.6. The van der Waals surface area contributed by atoms with Gasteiger partial charge in [-0.15, -0.1) is 0 Å². The van der Waals surface area contributed by atoms with Crippen LogP contribution in [0.1, 0.15) is 23.6 Å². The second-order valence-electron chi connectivity index (χ2n) is 6.51. The number of amides is 1. The van der Waals surface area contributed by atoms with Gasteiger partial charge in [0.05, 0.1) is 10.5 Å². The average Bonchev–Trinajstić information content (AvgIpc) is 2.71. The van der Waals surface area contributed by atoms with E-state index in [4.69, 9.17) is 4.74 Å². The maximum Gasteiger partial charge on any atom is 0.331 e. The van der Waals surface area contributed by atoms with E-state index < -0.39 is 17.0 Å². The van der Waals surface area contributed by atoms with E-state index in [9.17, 15) is 19.7 Å². The number of rotatable bonds is 5. The predicted octanol–water partition coefficient (Wildman–Crippen LogP) is 3.12. The highest BCUT2D eigenvalue weighted by Gasteiger charge is 2.26. The van der Waals surface area contributed by atoms with Gasteiger partial charge < -0.3 is 9.64 Å². The molecular formula is C21H20N2O5. The van der Waals surface area contributed by atoms with E-state index in [0.29, 0.717) is 13.1 Å². The van der Waals surface area contributed by atoms with Crippen LogP contribution in [0.5, 0.6) is 0 Å². The van der Waals surface area contributed by atoms with E-state index in [1.807, 2.05) is 24.3 Å². The molecule has 0 aliphatic carbocycles. The smallest absolute Gasteiger partial charge is 0.331 e. The predicted molar refractivity (Wildman–Crippen MR) is 103 cm³/mol. The zero-order valence-electron chi connectivity index (χ0n) is 15.4. The number of fused-ring (bicyclic) bond motifs is 1. The minimum absolute atomic E-state index is 0.109. The number of esters is 1. The molecule has 0 aromatic heterocycles. The number of nitrogens with zero attached hydrogens (tertiary/aromatic N) is 2. The van der Waals surface area contributed by atoms with Crippen molar-refractivity contribution < 1.29 is 19.2 Å². The molecule has 0 radical (unpaired) electrons. The Morgan fingerprint density at radius 3 is 2.57 bits per heavy atom. The Hall–Kier alpha value is -3.48. The molecule has 0 N–H and O–H groups in total. The van der Waals surface area contributed by atoms with Crippen molar-refractivity contribution in [1.29, 1.82) is 0 Å². The third-order valence-corrected chi connectivity index (χ3v) is 4.62. The third kappa shape index (κ3) is 4.43. The second kappa shape index (κ2) is 8.47. The summed E-state index contributed by atoms with van der Waals surface area (Å²) < 4.78 is 5.19. The van der Waals surface area contributed by atoms with E-state index in [-0.39, 0.29) is 17.2 Å². The van der Waals surface area contributed by atoms with E-state index in [0.717, 1.165) is 18.1 Å². The van der Waals surface area contributed by atoms with E-state index in [1.165, 1.54) is 30.7 Å². The molecule has 1 atom stereocenters. The number of carbonyl (C=O) groups excluding carboxylic acids is 2. The van der Waals surface area contributed by atoms with Crippen LogP contribution in [0, 0.1) is 10.1 Å². The van der Waals surface area contributed by atoms with Gasteiger partial charge in [0.2, 0.25) is 0 Å². The fourth-order valence-corrected chi connectivity index (χ4v) is 3.16. The highest BCUT2D eigenvalue weighted by molar-refractivity contribution is 5.91. The maximum atomic E-state index is 12.6. The first-order valence-corrected chi connectivity index (χ1v) is 8.93. The van der Waals surface area contributed by atoms with Crippen LogP contribution in [-0.2, 0) is 27.3 Å². The molecule has 1 amide bonds. The number of ether oxygens (including phenoxy) is 1. The summed E-state index contributed by atoms with van der Waals surface area (Å²) in [6.45, 7) is 2.59. The molecule has 1 aliphatic heterocycles. The first-order valence-electron chi connectivity index (χ1n) is 8.93. The summed E-state index contributed by atoms with van der Waals surface area (Å²) in [4.78, 5) is 36.8. The Kier molecular flexibility index (Phi) is 5.84. The number of hydrogen-bond donors (Lipinski definition) is 0. The lowest BCUT2D eigenvalue weighted by Crippen LogP contribution is -2.42. The molecule has 1 heterocycles. The van der Waals surface area contributed by atoms with Crippen molar-refractivity contribution in [3.05, 3.63) is 81.4 Å². The first kappa shape index (κ1) is 19.3. The number of nitro benzene ring substituents is 1. The van der Waals surface area contributed by atoms with E-state index in [1.54, 1.807) is 17.0 Å². The fraction of sp³-hybridized carbons (Fsp3) is 0.238. The van der Waals surface area contributed by atoms with E-state index in [2.05, 4.69) is 0 Å². The molecule has 3 rings (SSSR count). The number of benzene rings is 2. The number of para-hydroxylation sites is 1. The van der Waals surface area contributed by atoms with Gasteiger partial charge >= 0.3 is 5.97 Å². The lowest BCUT2D eigenvalue weighted by Gasteiger charge is -2.30. The van der Waals surface area contributed by atoms with Crippen LogP contribution in [0.2, 0.25) is 0 Å². The molecule has 0 unspecified atom stereocenters. The summed E-state index contributed by atoms with van der Waals surface area (Å²) in [5, 5.41) is 11.0. The molecule has 2 aromatic carbocycles. The first-order chi connectivity index (χ1) is 13.5. The summed E-state index contributed by atoms with van der Waals surface area (Å²) in [6.07, 6.45) is 2.24. The second-order valence-corrected chi connectivity index (χ2v) is 6.51. The topological polar surface area (TPSA) is 89.7 Å². The quantitative estimate of drug-likeness (QED) is 0.344. The van der Waals surface area contributed by atoms with Crippen LogP contribution in [0.15, 0.2) is 54.6 Å². The van der Waals surface area contributed by atoms with Crippen LogP contribution in [0.3, 0.4) is 0 Å². The minimum Gasteiger partial charge on any atom is -0.449 e. The molecule has 0 bridgehead atoms. The molecule has 0 saturated heterocycles. The molecule has 0 spiro atoms. The summed E-state index contributed by atoms with van der Waals surface area (Å²) in [5.41, 5.74) is 2.50. The molecule has 28 heavy (non-hydrogen) atoms. The summed E-state index contributed by atoms with van der Waals surface area (Å²) >= 11 is 0. The van der Waals surface area contributed by atoms with Gasteiger partial charge in [-0.1, -0.05) is 36.4 Å². The van der Waals surface area contributed by atoms with Crippen LogP contribution in [0.4, 0.5) is 5.69 Å². The van der Waals surface area contributed by atoms with Crippen molar-refractivity contribution in [1.82, 2.24) is 4.90 Å². The molecule has 7 nitrogen and oxygen atoms in total. The van der Waals surface area contributed by atoms with Crippen molar-refractivity contribution in [2.24, 2.45) is 0 Å². The summed E-state index contributed by atoms with van der Waals surface area (Å²) in [5.74, 6) is -0.988. The van der Waals surface area contributed by atoms with Gasteiger partial charge in [0, 0.05) is 25.2 Å². The zero-order valence-corrected chi connectivity index (χ0v) is 15.4. The summed E-state index contributed by atoms with van der Waals surface area (Å²) in [6, 6.07) is 14.0. The summed E-state index contributed by atoms with van der Waals surface area (Å²) in [7, 11) is 0. The Bertz CT molecular complexity index is 938. The molecule has 0 fully saturated rings. The average molecular weight is 380 g/mol. The third-order valence-electron chi connectivity index (χ3n) is 4.62. The van der Waals surface area contributed by atoms with Crippen molar-refractivity contribution in [2.45, 2.75) is 26.0 Å². The van der Waals surface area contributed by atoms with Crippen molar-refractivity contribution in [3.8, 4) is 0 Å². The largest absolute Gasteiger partial charge is 0.449 e. The van der Waals surface area contributed by atoms with Gasteiger partial charge in [0.25, 0.3) is 11.6 Å². The Labute approximate surface area is 162 Å². The van der Waals surface area contributed by atoms with Gasteiger partial charge in [0.1, 0.15) is 0 Å². The van der Waals surface area contributed by atoms with Crippen molar-refractivity contribution >= 4 is 23.6 Å². The van der Waals surface area contributed by atoms with Crippen LogP contribution < -0.4 is 0 Å². The number of hydrogen-bond acceptors (Lipinski definition) is 5. The molecule has 144 valence electrons. The standard InChI is InChI=1S/C21H20N2O5/c1-15(21(25)22-13-12-16-6-2-3-8-18(16)14-22)28-20(24)11-10-17-7-4-5-9-19(17)23(26)27/h2-11,15H,12-14H2,1H3/b11-10+/t15-/m0/s1. The van der Waals surface area contributed by atoms with Gasteiger partial charge in [-0.05, 0) is 36.6 Å². The van der Waals surface area contributed by atoms with Gasteiger partial charge in [-0.2, -0.15) is 0 Å². The SMILES string of the molecule is C[C@H](OC(=O)/C=C/c1ccccc1[N+](=O)[O-])C(=O)N1CCc2ccccc2C1. The lowest BCUT2D eigenvalue weighted by molar-refractivity contribution is -0.385. The number of carbonyl (C=O) groups is 2. The van der Waals surface area contributed by atoms with Crippen molar-refractivity contribution in [2.75, 3.05) is 6.54 Å². The molecular weight excluding hydrogens is 360 g/mol. The molecule has 0 saturated carbocycles. The minimum atomic E-state index is -0.937. The Morgan fingerprint density at radius 2 is 1.82 bits per heavy atom. The monoisotopic (exact) mass is 380 g/mol. The normalized spacial score (nSPS) is 14.4. The Morgan fingerprint density at radius 1 is 1.14 bits per heavy atom. The van der Waals surface area contributed by atoms with E-state index >= 15 is 0 Å². The van der Waals surface area contributed by atoms with Gasteiger partial charge in [-0.3, -0.25) is 14.9 Å². The van der Waals surface area contributed by atoms with Crippen LogP contribution in [0.25, 0.3) is 6.08 Å². The molecule has 1 aliphatic rings. The highest BCUT2D eigenvalue weighted by atomic mass is 16.6.